The van der Waals surface area contributed by atoms with Crippen LogP contribution in [0.3, 0.4) is 0 Å². The number of hydrazone groups is 1. The number of rotatable bonds is 13. The first-order valence-corrected chi connectivity index (χ1v) is 13.1. The van der Waals surface area contributed by atoms with Crippen LogP contribution in [-0.4, -0.2) is 64.9 Å². The van der Waals surface area contributed by atoms with Gasteiger partial charge in [-0.3, -0.25) is 14.4 Å². The minimum Gasteiger partial charge on any atom is -0.386 e. The first kappa shape index (κ1) is 31.4. The Bertz CT molecular complexity index is 1610. The summed E-state index contributed by atoms with van der Waals surface area (Å²) < 4.78 is 41.7. The van der Waals surface area contributed by atoms with Gasteiger partial charge < -0.3 is 20.4 Å². The van der Waals surface area contributed by atoms with Gasteiger partial charge in [0.25, 0.3) is 6.08 Å². The third kappa shape index (κ3) is 8.98. The van der Waals surface area contributed by atoms with Gasteiger partial charge in [-0.1, -0.05) is 71.8 Å². The second-order valence-electron chi connectivity index (χ2n) is 9.14. The summed E-state index contributed by atoms with van der Waals surface area (Å²) in [5.74, 6) is -4.54. The summed E-state index contributed by atoms with van der Waals surface area (Å²) in [7, 11) is 0. The highest BCUT2D eigenvalue weighted by molar-refractivity contribution is 5.89. The van der Waals surface area contributed by atoms with E-state index in [1.165, 1.54) is 6.08 Å². The van der Waals surface area contributed by atoms with E-state index in [1.807, 2.05) is 54.6 Å². The van der Waals surface area contributed by atoms with E-state index in [2.05, 4.69) is 30.4 Å². The minimum atomic E-state index is -5.38. The zero-order valence-electron chi connectivity index (χ0n) is 22.8. The Morgan fingerprint density at radius 2 is 1.66 bits per heavy atom. The van der Waals surface area contributed by atoms with Crippen molar-refractivity contribution in [3.8, 4) is 11.1 Å². The number of H-pyrrole nitrogens is 1. The summed E-state index contributed by atoms with van der Waals surface area (Å²) >= 11 is 0. The maximum atomic E-state index is 12.9. The van der Waals surface area contributed by atoms with Gasteiger partial charge in [0, 0.05) is 6.54 Å². The molecule has 1 unspecified atom stereocenters. The molecule has 1 aromatic heterocycles. The number of benzene rings is 3. The van der Waals surface area contributed by atoms with Crippen LogP contribution >= 0.6 is 0 Å². The van der Waals surface area contributed by atoms with Crippen LogP contribution in [0.4, 0.5) is 19.1 Å². The van der Waals surface area contributed by atoms with E-state index in [4.69, 9.17) is 4.84 Å². The van der Waals surface area contributed by atoms with Crippen LogP contribution in [0.15, 0.2) is 84.0 Å². The molecule has 0 aliphatic carbocycles. The molecular formula is C29H25F3N6O6. The Morgan fingerprint density at radius 1 is 0.977 bits per heavy atom. The predicted molar refractivity (Wildman–Crippen MR) is 150 cm³/mol. The monoisotopic (exact) mass is 610 g/mol. The number of fused-ring (bicyclic) bond motifs is 1. The van der Waals surface area contributed by atoms with Gasteiger partial charge in [0.2, 0.25) is 11.9 Å². The van der Waals surface area contributed by atoms with Gasteiger partial charge in [-0.05, 0) is 28.8 Å². The average molecular weight is 611 g/mol. The third-order valence-electron chi connectivity index (χ3n) is 6.02. The Morgan fingerprint density at radius 3 is 2.34 bits per heavy atom. The second kappa shape index (κ2) is 14.6. The van der Waals surface area contributed by atoms with Gasteiger partial charge in [0.1, 0.15) is 6.54 Å². The fourth-order valence-corrected chi connectivity index (χ4v) is 4.04. The van der Waals surface area contributed by atoms with Crippen LogP contribution in [0.25, 0.3) is 22.2 Å². The highest BCUT2D eigenvalue weighted by atomic mass is 19.4. The fraction of sp³-hybridized carbons (Fsp3) is 0.207. The van der Waals surface area contributed by atoms with Crippen LogP contribution in [0.2, 0.25) is 0 Å². The fourth-order valence-electron chi connectivity index (χ4n) is 4.04. The highest BCUT2D eigenvalue weighted by Crippen LogP contribution is 2.25. The molecule has 0 aliphatic heterocycles. The molecular weight excluding hydrogens is 585 g/mol. The average Bonchev–Trinajstić information content (AvgIpc) is 3.42. The van der Waals surface area contributed by atoms with E-state index in [1.54, 1.807) is 24.3 Å². The normalized spacial score (nSPS) is 11.7. The van der Waals surface area contributed by atoms with E-state index in [0.717, 1.165) is 22.2 Å². The Labute approximate surface area is 247 Å². The van der Waals surface area contributed by atoms with Gasteiger partial charge >= 0.3 is 18.1 Å². The van der Waals surface area contributed by atoms with Crippen LogP contribution < -0.4 is 10.6 Å². The molecule has 3 N–H and O–H groups in total. The number of hydrogen-bond acceptors (Lipinski definition) is 10. The molecule has 44 heavy (non-hydrogen) atoms. The molecule has 0 bridgehead atoms. The van der Waals surface area contributed by atoms with Gasteiger partial charge in [-0.2, -0.15) is 18.3 Å². The Kier molecular flexibility index (Phi) is 10.4. The zero-order valence-corrected chi connectivity index (χ0v) is 22.8. The molecule has 0 fully saturated rings. The first-order chi connectivity index (χ1) is 21.1. The first-order valence-electron chi connectivity index (χ1n) is 13.1. The molecule has 228 valence electrons. The largest absolute Gasteiger partial charge is 0.491 e. The molecule has 12 nitrogen and oxygen atoms in total. The van der Waals surface area contributed by atoms with Crippen molar-refractivity contribution in [1.82, 2.24) is 20.5 Å². The number of carbonyl (C=O) groups excluding carboxylic acids is 4. The number of nitrogens with zero attached hydrogens (tertiary/aromatic N) is 3. The van der Waals surface area contributed by atoms with Gasteiger partial charge in [0.15, 0.2) is 0 Å². The number of alkyl halides is 3. The van der Waals surface area contributed by atoms with Crippen molar-refractivity contribution >= 4 is 40.9 Å². The molecule has 1 amide bonds. The number of halogens is 3. The topological polar surface area (TPSA) is 155 Å². The van der Waals surface area contributed by atoms with E-state index in [9.17, 15) is 32.3 Å². The number of nitrogens with one attached hydrogen (secondary N) is 3. The Hall–Kier alpha value is -5.53. The molecule has 0 radical (unpaired) electrons. The summed E-state index contributed by atoms with van der Waals surface area (Å²) in [4.78, 5) is 59.9. The van der Waals surface area contributed by atoms with Crippen LogP contribution in [0, 0.1) is 0 Å². The quantitative estimate of drug-likeness (QED) is 0.0509. The molecule has 15 heteroatoms. The van der Waals surface area contributed by atoms with Gasteiger partial charge in [0.05, 0.1) is 30.1 Å². The number of hydroxylamine groups is 1. The van der Waals surface area contributed by atoms with Crippen LogP contribution in [0.5, 0.6) is 0 Å². The number of esters is 2. The predicted octanol–water partition coefficient (Wildman–Crippen LogP) is 4.01. The summed E-state index contributed by atoms with van der Waals surface area (Å²) in [6.07, 6.45) is -4.92. The number of aromatic amines is 1. The standard InChI is InChI=1S/C29H25F3N6O6/c30-29(31,32)27(42)44-26(41)16-24(21-12-10-20(11-13-21)19-6-2-1-3-7-19)35-25(40)17-38(34-18-39)43-15-14-33-28-36-22-8-4-5-9-23(22)37-28/h1-13,24H,14-17H2,(H,35,40)(H2,33,36,37). The van der Waals surface area contributed by atoms with Crippen molar-refractivity contribution in [3.63, 3.8) is 0 Å². The number of para-hydroxylation sites is 2. The summed E-state index contributed by atoms with van der Waals surface area (Å²) in [6, 6.07) is 21.9. The van der Waals surface area contributed by atoms with E-state index >= 15 is 0 Å². The highest BCUT2D eigenvalue weighted by Gasteiger charge is 2.42. The molecule has 1 atom stereocenters. The summed E-state index contributed by atoms with van der Waals surface area (Å²) in [5, 5.41) is 9.45. The number of hydrogen-bond donors (Lipinski definition) is 3. The number of amides is 1. The number of anilines is 1. The molecule has 4 rings (SSSR count). The zero-order chi connectivity index (χ0) is 31.5. The van der Waals surface area contributed by atoms with Crippen molar-refractivity contribution in [3.05, 3.63) is 84.4 Å². The number of carbonyl (C=O) groups is 3. The third-order valence-corrected chi connectivity index (χ3v) is 6.02. The number of isocyanates is 1. The van der Waals surface area contributed by atoms with Crippen LogP contribution in [0.1, 0.15) is 18.0 Å². The van der Waals surface area contributed by atoms with Gasteiger partial charge in [-0.25, -0.2) is 14.6 Å². The SMILES string of the molecule is O=C=NN(CC(=O)NC(CC(=O)OC(=O)C(F)(F)F)c1ccc(-c2ccccc2)cc1)OCCNc1nc2ccccc2[nH]1. The second-order valence-corrected chi connectivity index (χ2v) is 9.14. The summed E-state index contributed by atoms with van der Waals surface area (Å²) in [5.41, 5.74) is 3.57. The van der Waals surface area contributed by atoms with Crippen molar-refractivity contribution in [1.29, 1.82) is 0 Å². The van der Waals surface area contributed by atoms with Gasteiger partial charge in [-0.15, -0.1) is 0 Å². The van der Waals surface area contributed by atoms with Crippen LogP contribution in [-0.2, 0) is 28.8 Å². The minimum absolute atomic E-state index is 0.0637. The van der Waals surface area contributed by atoms with E-state index in [-0.39, 0.29) is 13.2 Å². The maximum Gasteiger partial charge on any atom is 0.491 e. The molecule has 3 aromatic carbocycles. The molecule has 4 aromatic rings. The summed E-state index contributed by atoms with van der Waals surface area (Å²) in [6.45, 7) is -0.511. The lowest BCUT2D eigenvalue weighted by atomic mass is 9.99. The van der Waals surface area contributed by atoms with Crippen molar-refractivity contribution in [2.45, 2.75) is 18.6 Å². The van der Waals surface area contributed by atoms with E-state index < -0.39 is 43.0 Å². The number of ether oxygens (including phenoxy) is 1. The molecule has 0 saturated heterocycles. The van der Waals surface area contributed by atoms with Crippen molar-refractivity contribution in [2.75, 3.05) is 25.0 Å². The lowest BCUT2D eigenvalue weighted by molar-refractivity contribution is -0.202. The van der Waals surface area contributed by atoms with E-state index in [0.29, 0.717) is 16.7 Å². The molecule has 1 heterocycles. The number of imidazole rings is 1. The lowest BCUT2D eigenvalue weighted by Gasteiger charge is -2.21. The number of aromatic nitrogens is 2. The van der Waals surface area contributed by atoms with Crippen molar-refractivity contribution < 1.29 is 41.9 Å². The maximum absolute atomic E-state index is 12.9. The molecule has 0 aliphatic rings. The smallest absolute Gasteiger partial charge is 0.386 e. The molecule has 0 spiro atoms. The lowest BCUT2D eigenvalue weighted by Crippen LogP contribution is -2.38. The molecule has 0 saturated carbocycles. The Balaban J connectivity index is 1.39. The van der Waals surface area contributed by atoms with Crippen molar-refractivity contribution in [2.24, 2.45) is 5.10 Å².